The normalized spacial score (nSPS) is 26.8. The van der Waals surface area contributed by atoms with E-state index in [0.717, 1.165) is 10.8 Å². The minimum Gasteiger partial charge on any atom is -0.390 e. The number of phosphoric ester groups is 1. The van der Waals surface area contributed by atoms with E-state index < -0.39 is 59.8 Å². The molecule has 0 radical (unpaired) electrons. The highest BCUT2D eigenvalue weighted by Crippen LogP contribution is 2.66. The predicted octanol–water partition coefficient (Wildman–Crippen LogP) is -0.818. The van der Waals surface area contributed by atoms with Crippen LogP contribution in [0.3, 0.4) is 0 Å². The van der Waals surface area contributed by atoms with E-state index in [9.17, 15) is 33.3 Å². The van der Waals surface area contributed by atoms with E-state index in [0.29, 0.717) is 0 Å². The lowest BCUT2D eigenvalue weighted by molar-refractivity contribution is -0.0450. The van der Waals surface area contributed by atoms with Gasteiger partial charge < -0.3 is 29.4 Å². The first-order chi connectivity index (χ1) is 13.1. The van der Waals surface area contributed by atoms with Gasteiger partial charge in [-0.15, -0.1) is 0 Å². The number of H-pyrrole nitrogens is 1. The van der Waals surface area contributed by atoms with Crippen LogP contribution in [0.2, 0.25) is 5.02 Å². The number of nitrogens with one attached hydrogen (secondary N) is 1. The number of rotatable bonds is 8. The second-order valence-electron chi connectivity index (χ2n) is 5.46. The van der Waals surface area contributed by atoms with E-state index >= 15 is 0 Å². The Bertz CT molecular complexity index is 1020. The van der Waals surface area contributed by atoms with E-state index in [2.05, 4.69) is 13.1 Å². The molecule has 1 aliphatic rings. The van der Waals surface area contributed by atoms with Crippen molar-refractivity contribution in [3.63, 3.8) is 0 Å². The van der Waals surface area contributed by atoms with E-state index in [1.165, 1.54) is 0 Å². The third-order valence-corrected chi connectivity index (χ3v) is 7.33. The van der Waals surface area contributed by atoms with Crippen LogP contribution in [-0.4, -0.2) is 53.0 Å². The molecular formula is C9H14ClN2O14P3. The molecule has 0 aromatic carbocycles. The zero-order valence-electron chi connectivity index (χ0n) is 13.8. The summed E-state index contributed by atoms with van der Waals surface area (Å²) in [4.78, 5) is 60.3. The van der Waals surface area contributed by atoms with Crippen molar-refractivity contribution < 1.29 is 56.3 Å². The van der Waals surface area contributed by atoms with Crippen LogP contribution in [0.25, 0.3) is 0 Å². The van der Waals surface area contributed by atoms with E-state index in [1.54, 1.807) is 0 Å². The minimum atomic E-state index is -5.69. The van der Waals surface area contributed by atoms with Crippen molar-refractivity contribution in [3.05, 3.63) is 32.1 Å². The average Bonchev–Trinajstić information content (AvgIpc) is 2.86. The number of aliphatic hydroxyl groups excluding tert-OH is 1. The summed E-state index contributed by atoms with van der Waals surface area (Å²) in [7, 11) is -16.6. The number of nitrogens with zero attached hydrogens (tertiary/aromatic N) is 1. The van der Waals surface area contributed by atoms with Gasteiger partial charge in [-0.05, 0) is 0 Å². The lowest BCUT2D eigenvalue weighted by Crippen LogP contribution is -2.32. The Morgan fingerprint density at radius 2 is 1.79 bits per heavy atom. The first kappa shape index (κ1) is 24.6. The van der Waals surface area contributed by atoms with Gasteiger partial charge in [-0.25, -0.2) is 18.5 Å². The Labute approximate surface area is 165 Å². The Balaban J connectivity index is 2.03. The van der Waals surface area contributed by atoms with E-state index in [-0.39, 0.29) is 11.4 Å². The first-order valence-electron chi connectivity index (χ1n) is 7.21. The van der Waals surface area contributed by atoms with Gasteiger partial charge in [0.15, 0.2) is 0 Å². The largest absolute Gasteiger partial charge is 0.490 e. The van der Waals surface area contributed by atoms with Gasteiger partial charge >= 0.3 is 29.2 Å². The van der Waals surface area contributed by atoms with Gasteiger partial charge in [0.25, 0.3) is 5.56 Å². The monoisotopic (exact) mass is 502 g/mol. The van der Waals surface area contributed by atoms with Crippen molar-refractivity contribution in [1.29, 1.82) is 0 Å². The minimum absolute atomic E-state index is 0.229. The third kappa shape index (κ3) is 7.19. The molecule has 0 bridgehead atoms. The first-order valence-corrected chi connectivity index (χ1v) is 12.1. The topological polar surface area (TPSA) is 244 Å². The Morgan fingerprint density at radius 3 is 2.38 bits per heavy atom. The van der Waals surface area contributed by atoms with Crippen LogP contribution in [0.1, 0.15) is 12.6 Å². The van der Waals surface area contributed by atoms with Crippen LogP contribution in [0.4, 0.5) is 0 Å². The molecule has 1 aliphatic heterocycles. The number of ether oxygens (including phenoxy) is 1. The van der Waals surface area contributed by atoms with Crippen molar-refractivity contribution in [2.45, 2.75) is 24.9 Å². The molecule has 29 heavy (non-hydrogen) atoms. The summed E-state index contributed by atoms with van der Waals surface area (Å²) in [5.41, 5.74) is -1.76. The van der Waals surface area contributed by atoms with Crippen LogP contribution in [0.15, 0.2) is 15.8 Å². The molecule has 0 spiro atoms. The molecule has 6 N–H and O–H groups in total. The zero-order chi connectivity index (χ0) is 22.2. The molecule has 2 rings (SSSR count). The number of aromatic amines is 1. The molecule has 1 saturated heterocycles. The van der Waals surface area contributed by atoms with Gasteiger partial charge in [-0.1, -0.05) is 11.6 Å². The molecular weight excluding hydrogens is 488 g/mol. The number of halogens is 1. The summed E-state index contributed by atoms with van der Waals surface area (Å²) < 4.78 is 51.0. The summed E-state index contributed by atoms with van der Waals surface area (Å²) in [6.45, 7) is -0.910. The van der Waals surface area contributed by atoms with Gasteiger partial charge in [-0.3, -0.25) is 18.9 Å². The lowest BCUT2D eigenvalue weighted by Gasteiger charge is -2.19. The summed E-state index contributed by atoms with van der Waals surface area (Å²) in [5.74, 6) is 0. The second kappa shape index (κ2) is 8.81. The van der Waals surface area contributed by atoms with Crippen LogP contribution in [-0.2, 0) is 31.6 Å². The highest BCUT2D eigenvalue weighted by Gasteiger charge is 2.42. The smallest absolute Gasteiger partial charge is 0.390 e. The molecule has 1 aromatic heterocycles. The maximum absolute atomic E-state index is 11.8. The molecule has 20 heteroatoms. The molecule has 0 saturated carbocycles. The molecule has 1 aromatic rings. The average molecular weight is 503 g/mol. The number of aromatic nitrogens is 2. The van der Waals surface area contributed by atoms with Gasteiger partial charge in [0, 0.05) is 12.6 Å². The fraction of sp³-hybridized carbons (Fsp3) is 0.556. The van der Waals surface area contributed by atoms with Crippen molar-refractivity contribution in [2.24, 2.45) is 0 Å². The van der Waals surface area contributed by atoms with Crippen molar-refractivity contribution in [3.8, 4) is 0 Å². The van der Waals surface area contributed by atoms with Crippen molar-refractivity contribution in [2.75, 3.05) is 6.61 Å². The quantitative estimate of drug-likeness (QED) is 0.238. The van der Waals surface area contributed by atoms with Crippen LogP contribution in [0.5, 0.6) is 0 Å². The summed E-state index contributed by atoms with van der Waals surface area (Å²) in [6.07, 6.45) is -3.13. The molecule has 166 valence electrons. The molecule has 5 atom stereocenters. The Kier molecular flexibility index (Phi) is 7.46. The fourth-order valence-corrected chi connectivity index (χ4v) is 5.36. The van der Waals surface area contributed by atoms with Gasteiger partial charge in [-0.2, -0.15) is 8.62 Å². The van der Waals surface area contributed by atoms with Crippen LogP contribution < -0.4 is 11.2 Å². The number of hydrogen-bond donors (Lipinski definition) is 6. The van der Waals surface area contributed by atoms with E-state index in [4.69, 9.17) is 31.0 Å². The molecule has 2 heterocycles. The number of phosphoric acid groups is 3. The third-order valence-electron chi connectivity index (χ3n) is 3.26. The van der Waals surface area contributed by atoms with Gasteiger partial charge in [0.1, 0.15) is 17.4 Å². The molecule has 0 aliphatic carbocycles. The van der Waals surface area contributed by atoms with Gasteiger partial charge in [0.2, 0.25) is 0 Å². The second-order valence-corrected chi connectivity index (χ2v) is 10.3. The fourth-order valence-electron chi connectivity index (χ4n) is 2.18. The highest BCUT2D eigenvalue weighted by atomic mass is 35.5. The van der Waals surface area contributed by atoms with Crippen molar-refractivity contribution in [1.82, 2.24) is 9.55 Å². The zero-order valence-corrected chi connectivity index (χ0v) is 17.2. The standard InChI is InChI=1S/C9H14ClN2O14P3/c10-4-2-12(9(15)11-8(4)14)7-1-5(13)6(24-7)3-23-28(19,20)26-29(21,22)25-27(16,17)18/h2,5-7,13H,1,3H2,(H,19,20)(H,21,22)(H,11,14,15)(H2,16,17,18)/t5-,6+,7+/m0/s1. The van der Waals surface area contributed by atoms with Crippen LogP contribution in [0, 0.1) is 0 Å². The number of aliphatic hydroxyl groups is 1. The Hall–Kier alpha value is -0.700. The maximum atomic E-state index is 11.8. The Morgan fingerprint density at radius 1 is 1.17 bits per heavy atom. The molecule has 2 unspecified atom stereocenters. The highest BCUT2D eigenvalue weighted by molar-refractivity contribution is 7.66. The molecule has 0 amide bonds. The van der Waals surface area contributed by atoms with Crippen molar-refractivity contribution >= 4 is 35.1 Å². The van der Waals surface area contributed by atoms with Gasteiger partial charge in [0.05, 0.1) is 12.7 Å². The lowest BCUT2D eigenvalue weighted by atomic mass is 10.2. The van der Waals surface area contributed by atoms with E-state index in [1.807, 2.05) is 4.98 Å². The maximum Gasteiger partial charge on any atom is 0.490 e. The number of hydrogen-bond acceptors (Lipinski definition) is 10. The summed E-state index contributed by atoms with van der Waals surface area (Å²) >= 11 is 5.61. The van der Waals surface area contributed by atoms with Crippen LogP contribution >= 0.6 is 35.1 Å². The summed E-state index contributed by atoms with van der Waals surface area (Å²) in [5, 5.41) is 9.60. The predicted molar refractivity (Wildman–Crippen MR) is 90.7 cm³/mol. The molecule has 1 fully saturated rings. The SMILES string of the molecule is O=c1[nH]c(=O)n([C@H]2C[C@H](O)[C@@H](COP(=O)(O)OP(=O)(O)OP(=O)(O)O)O2)cc1Cl. The summed E-state index contributed by atoms with van der Waals surface area (Å²) in [6, 6.07) is 0. The molecule has 16 nitrogen and oxygen atoms in total.